The summed E-state index contributed by atoms with van der Waals surface area (Å²) in [6.07, 6.45) is 1.80. The molecule has 170 valence electrons. The van der Waals surface area contributed by atoms with Gasteiger partial charge in [-0.15, -0.1) is 0 Å². The van der Waals surface area contributed by atoms with Crippen LogP contribution >= 0.6 is 34.5 Å². The van der Waals surface area contributed by atoms with Crippen molar-refractivity contribution in [2.24, 2.45) is 0 Å². The van der Waals surface area contributed by atoms with E-state index in [0.717, 1.165) is 28.6 Å². The van der Waals surface area contributed by atoms with Crippen molar-refractivity contribution in [1.29, 1.82) is 0 Å². The highest BCUT2D eigenvalue weighted by Crippen LogP contribution is 2.37. The molecular formula is C24H21Cl2N3O3S. The van der Waals surface area contributed by atoms with Crippen LogP contribution in [0.25, 0.3) is 21.5 Å². The number of hydrogen-bond donors (Lipinski definition) is 0. The van der Waals surface area contributed by atoms with Crippen LogP contribution in [0, 0.1) is 13.8 Å². The number of thiazole rings is 1. The van der Waals surface area contributed by atoms with E-state index in [1.54, 1.807) is 17.9 Å². The molecule has 6 nitrogen and oxygen atoms in total. The zero-order valence-electron chi connectivity index (χ0n) is 18.1. The first-order valence-corrected chi connectivity index (χ1v) is 12.2. The summed E-state index contributed by atoms with van der Waals surface area (Å²) in [5.41, 5.74) is 3.22. The Bertz CT molecular complexity index is 1340. The molecule has 0 spiro atoms. The second-order valence-corrected chi connectivity index (χ2v) is 9.91. The van der Waals surface area contributed by atoms with Crippen LogP contribution in [0.2, 0.25) is 10.0 Å². The molecule has 3 heterocycles. The number of aromatic nitrogens is 2. The number of benzene rings is 2. The van der Waals surface area contributed by atoms with E-state index in [2.05, 4.69) is 5.16 Å². The van der Waals surface area contributed by atoms with Gasteiger partial charge in [0.05, 0.1) is 27.9 Å². The Morgan fingerprint density at radius 3 is 2.82 bits per heavy atom. The van der Waals surface area contributed by atoms with Crippen molar-refractivity contribution < 1.29 is 14.1 Å². The summed E-state index contributed by atoms with van der Waals surface area (Å²) in [5.74, 6) is 0.176. The van der Waals surface area contributed by atoms with Crippen molar-refractivity contribution >= 4 is 55.8 Å². The molecular weight excluding hydrogens is 481 g/mol. The molecule has 0 N–H and O–H groups in total. The lowest BCUT2D eigenvalue weighted by molar-refractivity contribution is 0.0916. The molecule has 2 aromatic heterocycles. The number of carbonyl (C=O) groups is 1. The minimum absolute atomic E-state index is 0.0606. The zero-order valence-corrected chi connectivity index (χ0v) is 20.4. The van der Waals surface area contributed by atoms with Gasteiger partial charge in [0.2, 0.25) is 0 Å². The lowest BCUT2D eigenvalue weighted by Gasteiger charge is -2.23. The molecule has 0 bridgehead atoms. The van der Waals surface area contributed by atoms with E-state index in [4.69, 9.17) is 37.4 Å². The van der Waals surface area contributed by atoms with Crippen molar-refractivity contribution in [3.05, 3.63) is 63.3 Å². The fraction of sp³-hybridized carbons (Fsp3) is 0.292. The number of carbonyl (C=O) groups excluding carboxylic acids is 1. The monoisotopic (exact) mass is 501 g/mol. The molecule has 1 amide bonds. The van der Waals surface area contributed by atoms with Gasteiger partial charge in [0.25, 0.3) is 5.91 Å². The topological polar surface area (TPSA) is 68.5 Å². The van der Waals surface area contributed by atoms with Gasteiger partial charge in [-0.2, -0.15) is 0 Å². The fourth-order valence-corrected chi connectivity index (χ4v) is 5.75. The van der Waals surface area contributed by atoms with Crippen molar-refractivity contribution in [3.8, 4) is 11.3 Å². The van der Waals surface area contributed by atoms with E-state index in [1.165, 1.54) is 11.3 Å². The van der Waals surface area contributed by atoms with Gasteiger partial charge in [-0.3, -0.25) is 9.69 Å². The molecule has 0 radical (unpaired) electrons. The maximum atomic E-state index is 14.0. The first-order chi connectivity index (χ1) is 15.9. The second-order valence-electron chi connectivity index (χ2n) is 8.06. The van der Waals surface area contributed by atoms with E-state index in [0.29, 0.717) is 50.9 Å². The van der Waals surface area contributed by atoms with Crippen LogP contribution in [-0.4, -0.2) is 35.3 Å². The third kappa shape index (κ3) is 4.26. The molecule has 1 aliphatic rings. The molecule has 1 unspecified atom stereocenters. The minimum Gasteiger partial charge on any atom is -0.376 e. The molecule has 1 fully saturated rings. The van der Waals surface area contributed by atoms with Crippen LogP contribution in [0.15, 0.2) is 40.9 Å². The normalized spacial score (nSPS) is 15.9. The summed E-state index contributed by atoms with van der Waals surface area (Å²) in [4.78, 5) is 20.5. The Hall–Kier alpha value is -2.45. The standard InChI is InChI=1S/C24H21Cl2N3O3S/c1-13-10-15(25)11-19-21(13)27-24(33-19)29(12-16-6-5-9-31-16)23(30)20-14(2)32-28-22(20)17-7-3-4-8-18(17)26/h3-4,7-8,10-11,16H,5-6,9,12H2,1-2H3. The molecule has 0 aliphatic carbocycles. The van der Waals surface area contributed by atoms with Gasteiger partial charge in [0, 0.05) is 17.2 Å². The number of anilines is 1. The predicted molar refractivity (Wildman–Crippen MR) is 132 cm³/mol. The third-order valence-corrected chi connectivity index (χ3v) is 7.30. The molecule has 0 saturated carbocycles. The van der Waals surface area contributed by atoms with Crippen LogP contribution in [0.3, 0.4) is 0 Å². The Morgan fingerprint density at radius 2 is 2.06 bits per heavy atom. The highest BCUT2D eigenvalue weighted by atomic mass is 35.5. The number of aryl methyl sites for hydroxylation is 2. The second kappa shape index (κ2) is 9.06. The van der Waals surface area contributed by atoms with Crippen molar-refractivity contribution in [2.75, 3.05) is 18.1 Å². The van der Waals surface area contributed by atoms with E-state index in [9.17, 15) is 4.79 Å². The van der Waals surface area contributed by atoms with Crippen LogP contribution in [0.1, 0.15) is 34.5 Å². The SMILES string of the molecule is Cc1onc(-c2ccccc2Cl)c1C(=O)N(CC1CCCO1)c1nc2c(C)cc(Cl)cc2s1. The summed E-state index contributed by atoms with van der Waals surface area (Å²) in [5, 5.41) is 5.89. The average molecular weight is 502 g/mol. The molecule has 1 atom stereocenters. The summed E-state index contributed by atoms with van der Waals surface area (Å²) < 4.78 is 12.2. The third-order valence-electron chi connectivity index (χ3n) is 5.73. The number of hydrogen-bond acceptors (Lipinski definition) is 6. The first kappa shape index (κ1) is 22.3. The highest BCUT2D eigenvalue weighted by molar-refractivity contribution is 7.22. The molecule has 1 aliphatic heterocycles. The number of rotatable bonds is 5. The number of amides is 1. The number of halogens is 2. The van der Waals surface area contributed by atoms with Gasteiger partial charge in [-0.05, 0) is 50.5 Å². The molecule has 2 aromatic carbocycles. The van der Waals surface area contributed by atoms with Crippen LogP contribution in [-0.2, 0) is 4.74 Å². The predicted octanol–water partition coefficient (Wildman–Crippen LogP) is 6.70. The van der Waals surface area contributed by atoms with Crippen LogP contribution in [0.5, 0.6) is 0 Å². The Morgan fingerprint density at radius 1 is 1.24 bits per heavy atom. The largest absolute Gasteiger partial charge is 0.376 e. The Kier molecular flexibility index (Phi) is 6.14. The summed E-state index contributed by atoms with van der Waals surface area (Å²) >= 11 is 14.1. The van der Waals surface area contributed by atoms with Gasteiger partial charge >= 0.3 is 0 Å². The van der Waals surface area contributed by atoms with Crippen molar-refractivity contribution in [2.45, 2.75) is 32.8 Å². The fourth-order valence-electron chi connectivity index (χ4n) is 4.09. The lowest BCUT2D eigenvalue weighted by atomic mass is 10.0. The molecule has 5 rings (SSSR count). The van der Waals surface area contributed by atoms with E-state index in [1.807, 2.05) is 37.3 Å². The van der Waals surface area contributed by atoms with Crippen molar-refractivity contribution in [3.63, 3.8) is 0 Å². The van der Waals surface area contributed by atoms with Crippen LogP contribution < -0.4 is 4.90 Å². The highest BCUT2D eigenvalue weighted by Gasteiger charge is 2.32. The lowest BCUT2D eigenvalue weighted by Crippen LogP contribution is -2.37. The number of nitrogens with zero attached hydrogens (tertiary/aromatic N) is 3. The number of fused-ring (bicyclic) bond motifs is 1. The number of ether oxygens (including phenoxy) is 1. The van der Waals surface area contributed by atoms with E-state index in [-0.39, 0.29) is 12.0 Å². The van der Waals surface area contributed by atoms with E-state index < -0.39 is 0 Å². The maximum Gasteiger partial charge on any atom is 0.266 e. The summed E-state index contributed by atoms with van der Waals surface area (Å²) in [6.45, 7) is 4.77. The smallest absolute Gasteiger partial charge is 0.266 e. The molecule has 4 aromatic rings. The molecule has 9 heteroatoms. The first-order valence-electron chi connectivity index (χ1n) is 10.6. The quantitative estimate of drug-likeness (QED) is 0.304. The van der Waals surface area contributed by atoms with Gasteiger partial charge in [0.15, 0.2) is 5.13 Å². The minimum atomic E-state index is -0.248. The van der Waals surface area contributed by atoms with Crippen molar-refractivity contribution in [1.82, 2.24) is 10.1 Å². The van der Waals surface area contributed by atoms with Crippen LogP contribution in [0.4, 0.5) is 5.13 Å². The van der Waals surface area contributed by atoms with Gasteiger partial charge in [-0.1, -0.05) is 57.9 Å². The van der Waals surface area contributed by atoms with Gasteiger partial charge in [0.1, 0.15) is 17.0 Å². The maximum absolute atomic E-state index is 14.0. The van der Waals surface area contributed by atoms with E-state index >= 15 is 0 Å². The Labute approximate surface area is 205 Å². The Balaban J connectivity index is 1.61. The summed E-state index contributed by atoms with van der Waals surface area (Å²) in [6, 6.07) is 11.0. The average Bonchev–Trinajstić information content (AvgIpc) is 3.52. The molecule has 1 saturated heterocycles. The molecule has 33 heavy (non-hydrogen) atoms. The zero-order chi connectivity index (χ0) is 23.1. The summed E-state index contributed by atoms with van der Waals surface area (Å²) in [7, 11) is 0. The van der Waals surface area contributed by atoms with Gasteiger partial charge < -0.3 is 9.26 Å². The van der Waals surface area contributed by atoms with Gasteiger partial charge in [-0.25, -0.2) is 4.98 Å².